The molecule has 23 heavy (non-hydrogen) atoms. The first-order valence-corrected chi connectivity index (χ1v) is 9.35. The molecule has 8 heteroatoms. The number of carboxylic acid groups (broad SMARTS) is 1. The number of carbonyl (C=O) groups is 2. The number of allylic oxidation sites excluding steroid dienone is 2. The molecule has 1 amide bonds. The van der Waals surface area contributed by atoms with Gasteiger partial charge in [-0.3, -0.25) is 9.69 Å². The van der Waals surface area contributed by atoms with Crippen LogP contribution >= 0.6 is 35.7 Å². The highest BCUT2D eigenvalue weighted by Crippen LogP contribution is 2.33. The zero-order chi connectivity index (χ0) is 16.8. The Morgan fingerprint density at radius 1 is 1.61 bits per heavy atom. The van der Waals surface area contributed by atoms with Crippen LogP contribution < -0.4 is 0 Å². The normalized spacial score (nSPS) is 18.3. The van der Waals surface area contributed by atoms with Gasteiger partial charge in [-0.2, -0.15) is 11.8 Å². The summed E-state index contributed by atoms with van der Waals surface area (Å²) >= 11 is 7.83. The zero-order valence-corrected chi connectivity index (χ0v) is 14.7. The number of carbonyl (C=O) groups excluding carboxylic acids is 1. The van der Waals surface area contributed by atoms with Gasteiger partial charge in [-0.15, -0.1) is 0 Å². The second-order valence-electron chi connectivity index (χ2n) is 4.58. The topological polar surface area (TPSA) is 70.8 Å². The van der Waals surface area contributed by atoms with Crippen molar-refractivity contribution in [2.45, 2.75) is 12.5 Å². The van der Waals surface area contributed by atoms with E-state index in [-0.39, 0.29) is 10.2 Å². The van der Waals surface area contributed by atoms with Gasteiger partial charge in [0.1, 0.15) is 16.1 Å². The van der Waals surface area contributed by atoms with E-state index in [4.69, 9.17) is 16.6 Å². The Labute approximate surface area is 147 Å². The lowest BCUT2D eigenvalue weighted by Gasteiger charge is -2.22. The van der Waals surface area contributed by atoms with Crippen LogP contribution in [0.4, 0.5) is 0 Å². The molecule has 1 N–H and O–H groups in total. The van der Waals surface area contributed by atoms with E-state index in [1.54, 1.807) is 36.6 Å². The van der Waals surface area contributed by atoms with E-state index in [0.29, 0.717) is 22.8 Å². The highest BCUT2D eigenvalue weighted by molar-refractivity contribution is 8.26. The molecule has 1 saturated heterocycles. The molecule has 5 nitrogen and oxygen atoms in total. The first-order valence-electron chi connectivity index (χ1n) is 6.73. The molecule has 0 spiro atoms. The Balaban J connectivity index is 2.13. The Morgan fingerprint density at radius 2 is 2.39 bits per heavy atom. The van der Waals surface area contributed by atoms with Crippen molar-refractivity contribution in [2.75, 3.05) is 12.0 Å². The monoisotopic (exact) mass is 369 g/mol. The maximum Gasteiger partial charge on any atom is 0.326 e. The van der Waals surface area contributed by atoms with E-state index >= 15 is 0 Å². The summed E-state index contributed by atoms with van der Waals surface area (Å²) in [5.41, 5.74) is 0. The van der Waals surface area contributed by atoms with Crippen molar-refractivity contribution in [1.82, 2.24) is 4.90 Å². The van der Waals surface area contributed by atoms with Crippen molar-refractivity contribution in [3.05, 3.63) is 41.2 Å². The van der Waals surface area contributed by atoms with Crippen molar-refractivity contribution < 1.29 is 19.1 Å². The fourth-order valence-electron chi connectivity index (χ4n) is 1.97. The summed E-state index contributed by atoms with van der Waals surface area (Å²) in [6, 6.07) is 2.63. The van der Waals surface area contributed by atoms with Crippen molar-refractivity contribution in [3.8, 4) is 0 Å². The van der Waals surface area contributed by atoms with Gasteiger partial charge in [-0.05, 0) is 42.7 Å². The first kappa shape index (κ1) is 17.8. The Morgan fingerprint density at radius 3 is 3.00 bits per heavy atom. The van der Waals surface area contributed by atoms with Gasteiger partial charge in [-0.1, -0.05) is 30.1 Å². The molecule has 0 bridgehead atoms. The minimum Gasteiger partial charge on any atom is -0.480 e. The number of furan rings is 1. The van der Waals surface area contributed by atoms with Crippen LogP contribution in [0.5, 0.6) is 0 Å². The predicted molar refractivity (Wildman–Crippen MR) is 97.3 cm³/mol. The standard InChI is InChI=1S/C15H15NO4S3/c1-22-9-7-11(14(18)19)16-13(17)12(23-15(16)21)6-2-4-10-5-3-8-20-10/h2-6,8,11H,7,9H2,1H3,(H,18,19)/b4-2+,12-6-/t11-/m0/s1. The molecule has 1 aromatic heterocycles. The number of hydrogen-bond acceptors (Lipinski definition) is 6. The summed E-state index contributed by atoms with van der Waals surface area (Å²) in [4.78, 5) is 25.5. The quantitative estimate of drug-likeness (QED) is 0.584. The summed E-state index contributed by atoms with van der Waals surface area (Å²) in [5, 5.41) is 9.37. The average Bonchev–Trinajstić information content (AvgIpc) is 3.11. The third kappa shape index (κ3) is 4.49. The molecule has 0 aromatic carbocycles. The Kier molecular flexibility index (Phi) is 6.49. The molecular weight excluding hydrogens is 354 g/mol. The van der Waals surface area contributed by atoms with Crippen LogP contribution in [0.3, 0.4) is 0 Å². The number of amides is 1. The third-order valence-electron chi connectivity index (χ3n) is 3.07. The molecule has 2 heterocycles. The predicted octanol–water partition coefficient (Wildman–Crippen LogP) is 3.24. The van der Waals surface area contributed by atoms with Gasteiger partial charge in [0.25, 0.3) is 5.91 Å². The molecular formula is C15H15NO4S3. The van der Waals surface area contributed by atoms with Gasteiger partial charge in [0.15, 0.2) is 0 Å². The Hall–Kier alpha value is -1.51. The van der Waals surface area contributed by atoms with Crippen LogP contribution in [0.25, 0.3) is 6.08 Å². The van der Waals surface area contributed by atoms with E-state index in [1.807, 2.05) is 6.26 Å². The van der Waals surface area contributed by atoms with Crippen LogP contribution in [0.2, 0.25) is 0 Å². The number of carboxylic acids is 1. The van der Waals surface area contributed by atoms with Crippen LogP contribution in [-0.2, 0) is 9.59 Å². The van der Waals surface area contributed by atoms with Crippen LogP contribution in [0, 0.1) is 0 Å². The lowest BCUT2D eigenvalue weighted by molar-refractivity contribution is -0.145. The summed E-state index contributed by atoms with van der Waals surface area (Å²) in [6.45, 7) is 0. The average molecular weight is 369 g/mol. The van der Waals surface area contributed by atoms with E-state index in [9.17, 15) is 14.7 Å². The summed E-state index contributed by atoms with van der Waals surface area (Å²) < 4.78 is 5.44. The molecule has 122 valence electrons. The second-order valence-corrected chi connectivity index (χ2v) is 7.25. The molecule has 1 aromatic rings. The molecule has 0 radical (unpaired) electrons. The number of aliphatic carboxylic acids is 1. The van der Waals surface area contributed by atoms with Crippen LogP contribution in [0.1, 0.15) is 12.2 Å². The van der Waals surface area contributed by atoms with Crippen molar-refractivity contribution in [3.63, 3.8) is 0 Å². The van der Waals surface area contributed by atoms with Gasteiger partial charge < -0.3 is 9.52 Å². The molecule has 0 aliphatic carbocycles. The van der Waals surface area contributed by atoms with Gasteiger partial charge in [0.05, 0.1) is 11.2 Å². The minimum atomic E-state index is -1.04. The van der Waals surface area contributed by atoms with Gasteiger partial charge >= 0.3 is 5.97 Å². The van der Waals surface area contributed by atoms with Crippen LogP contribution in [0.15, 0.2) is 39.9 Å². The molecule has 0 unspecified atom stereocenters. The fraction of sp³-hybridized carbons (Fsp3) is 0.267. The summed E-state index contributed by atoms with van der Waals surface area (Å²) in [6.07, 6.45) is 8.83. The molecule has 2 rings (SSSR count). The third-order valence-corrected chi connectivity index (χ3v) is 5.06. The van der Waals surface area contributed by atoms with Gasteiger partial charge in [0.2, 0.25) is 0 Å². The van der Waals surface area contributed by atoms with E-state index in [0.717, 1.165) is 11.8 Å². The maximum atomic E-state index is 12.4. The maximum absolute atomic E-state index is 12.4. The zero-order valence-electron chi connectivity index (χ0n) is 12.3. The van der Waals surface area contributed by atoms with E-state index < -0.39 is 12.0 Å². The molecule has 1 aliphatic heterocycles. The molecule has 1 fully saturated rings. The van der Waals surface area contributed by atoms with Gasteiger partial charge in [-0.25, -0.2) is 4.79 Å². The van der Waals surface area contributed by atoms with Crippen molar-refractivity contribution in [2.24, 2.45) is 0 Å². The minimum absolute atomic E-state index is 0.279. The summed E-state index contributed by atoms with van der Waals surface area (Å²) in [5.74, 6) is -0.0914. The second kappa shape index (κ2) is 8.37. The molecule has 0 saturated carbocycles. The van der Waals surface area contributed by atoms with Gasteiger partial charge in [0, 0.05) is 0 Å². The number of rotatable bonds is 7. The molecule has 1 atom stereocenters. The number of thiocarbonyl (C=S) groups is 1. The highest BCUT2D eigenvalue weighted by atomic mass is 32.2. The smallest absolute Gasteiger partial charge is 0.326 e. The fourth-order valence-corrected chi connectivity index (χ4v) is 3.74. The summed E-state index contributed by atoms with van der Waals surface area (Å²) in [7, 11) is 0. The van der Waals surface area contributed by atoms with Crippen molar-refractivity contribution >= 4 is 58.0 Å². The lowest BCUT2D eigenvalue weighted by Crippen LogP contribution is -2.44. The largest absolute Gasteiger partial charge is 0.480 e. The SMILES string of the molecule is CSCC[C@@H](C(=O)O)N1C(=O)/C(=C/C=C/c2ccco2)SC1=S. The highest BCUT2D eigenvalue weighted by Gasteiger charge is 2.39. The first-order chi connectivity index (χ1) is 11.0. The van der Waals surface area contributed by atoms with E-state index in [1.165, 1.54) is 16.7 Å². The van der Waals surface area contributed by atoms with Crippen LogP contribution in [-0.4, -0.2) is 44.3 Å². The lowest BCUT2D eigenvalue weighted by atomic mass is 10.2. The number of thioether (sulfide) groups is 2. The molecule has 1 aliphatic rings. The number of nitrogens with zero attached hydrogens (tertiary/aromatic N) is 1. The number of hydrogen-bond donors (Lipinski definition) is 1. The van der Waals surface area contributed by atoms with Crippen molar-refractivity contribution in [1.29, 1.82) is 0 Å². The van der Waals surface area contributed by atoms with E-state index in [2.05, 4.69) is 0 Å². The Bertz CT molecular complexity index is 652.